The molecule has 0 saturated heterocycles. The third kappa shape index (κ3) is 4.40. The van der Waals surface area contributed by atoms with Crippen LogP contribution in [0, 0.1) is 0 Å². The number of ether oxygens (including phenoxy) is 4. The van der Waals surface area contributed by atoms with Gasteiger partial charge in [0, 0.05) is 0 Å². The first-order valence-electron chi connectivity index (χ1n) is 8.97. The van der Waals surface area contributed by atoms with Crippen LogP contribution in [0.5, 0.6) is 17.2 Å². The fourth-order valence-corrected chi connectivity index (χ4v) is 2.86. The van der Waals surface area contributed by atoms with Crippen LogP contribution >= 0.6 is 0 Å². The molecule has 9 nitrogen and oxygen atoms in total. The number of hydrogen-bond acceptors (Lipinski definition) is 7. The first kappa shape index (κ1) is 18.6. The van der Waals surface area contributed by atoms with E-state index in [0.29, 0.717) is 29.5 Å². The van der Waals surface area contributed by atoms with Crippen LogP contribution in [0.3, 0.4) is 0 Å². The average Bonchev–Trinajstić information content (AvgIpc) is 2.75. The van der Waals surface area contributed by atoms with Gasteiger partial charge in [-0.25, -0.2) is 4.79 Å². The Hall–Kier alpha value is -3.75. The van der Waals surface area contributed by atoms with Gasteiger partial charge in [0.15, 0.2) is 24.7 Å². The van der Waals surface area contributed by atoms with Gasteiger partial charge >= 0.3 is 5.97 Å². The first-order valence-corrected chi connectivity index (χ1v) is 8.97. The Morgan fingerprint density at radius 1 is 1.10 bits per heavy atom. The molecular formula is C20H18N2O7. The minimum absolute atomic E-state index is 0.120. The highest BCUT2D eigenvalue weighted by atomic mass is 16.6. The fourth-order valence-electron chi connectivity index (χ4n) is 2.86. The predicted octanol–water partition coefficient (Wildman–Crippen LogP) is 1.13. The standard InChI is InChI=1S/C20H18N2O7/c23-18(21-8-13-9-26-15-3-1-2-4-16(15)29-13)10-28-20(25)12-5-6-14-17(7-12)27-11-19(24)22-14/h1-7,13H,8-11H2,(H,21,23)(H,22,24)/t13-/m0/s1. The van der Waals surface area contributed by atoms with Crippen molar-refractivity contribution in [1.29, 1.82) is 0 Å². The van der Waals surface area contributed by atoms with Crippen LogP contribution in [0.25, 0.3) is 0 Å². The molecule has 0 radical (unpaired) electrons. The van der Waals surface area contributed by atoms with Crippen molar-refractivity contribution in [2.24, 2.45) is 0 Å². The summed E-state index contributed by atoms with van der Waals surface area (Å²) < 4.78 is 21.6. The molecule has 0 fully saturated rings. The first-order chi connectivity index (χ1) is 14.1. The van der Waals surface area contributed by atoms with E-state index in [0.717, 1.165) is 0 Å². The minimum Gasteiger partial charge on any atom is -0.486 e. The lowest BCUT2D eigenvalue weighted by atomic mass is 10.1. The van der Waals surface area contributed by atoms with Gasteiger partial charge in [-0.15, -0.1) is 0 Å². The molecule has 4 rings (SSSR count). The van der Waals surface area contributed by atoms with Crippen molar-refractivity contribution in [3.05, 3.63) is 48.0 Å². The molecule has 1 atom stereocenters. The highest BCUT2D eigenvalue weighted by Gasteiger charge is 2.22. The van der Waals surface area contributed by atoms with Crippen LogP contribution < -0.4 is 24.8 Å². The van der Waals surface area contributed by atoms with E-state index in [9.17, 15) is 14.4 Å². The highest BCUT2D eigenvalue weighted by Crippen LogP contribution is 2.31. The van der Waals surface area contributed by atoms with E-state index in [4.69, 9.17) is 18.9 Å². The van der Waals surface area contributed by atoms with E-state index >= 15 is 0 Å². The monoisotopic (exact) mass is 398 g/mol. The number of carbonyl (C=O) groups excluding carboxylic acids is 3. The maximum absolute atomic E-state index is 12.2. The Morgan fingerprint density at radius 2 is 1.93 bits per heavy atom. The topological polar surface area (TPSA) is 112 Å². The summed E-state index contributed by atoms with van der Waals surface area (Å²) in [6, 6.07) is 11.8. The molecule has 2 aromatic rings. The summed E-state index contributed by atoms with van der Waals surface area (Å²) in [6.45, 7) is -0.0249. The average molecular weight is 398 g/mol. The lowest BCUT2D eigenvalue weighted by Gasteiger charge is -2.26. The van der Waals surface area contributed by atoms with Crippen molar-refractivity contribution in [3.8, 4) is 17.2 Å². The van der Waals surface area contributed by atoms with Crippen LogP contribution in [0.15, 0.2) is 42.5 Å². The van der Waals surface area contributed by atoms with Gasteiger partial charge in [0.25, 0.3) is 11.8 Å². The van der Waals surface area contributed by atoms with Crippen LogP contribution in [0.4, 0.5) is 5.69 Å². The Labute approximate surface area is 165 Å². The smallest absolute Gasteiger partial charge is 0.338 e. The molecule has 2 aromatic carbocycles. The molecule has 2 aliphatic heterocycles. The molecule has 29 heavy (non-hydrogen) atoms. The third-order valence-corrected chi connectivity index (χ3v) is 4.28. The number of fused-ring (bicyclic) bond motifs is 2. The van der Waals surface area contributed by atoms with Gasteiger partial charge in [-0.05, 0) is 30.3 Å². The van der Waals surface area contributed by atoms with E-state index in [1.807, 2.05) is 18.2 Å². The van der Waals surface area contributed by atoms with Gasteiger partial charge in [-0.2, -0.15) is 0 Å². The summed E-state index contributed by atoms with van der Waals surface area (Å²) in [6.07, 6.45) is -0.336. The zero-order valence-corrected chi connectivity index (χ0v) is 15.3. The molecule has 0 spiro atoms. The molecule has 9 heteroatoms. The zero-order chi connectivity index (χ0) is 20.2. The van der Waals surface area contributed by atoms with Crippen molar-refractivity contribution in [1.82, 2.24) is 5.32 Å². The second-order valence-electron chi connectivity index (χ2n) is 6.43. The van der Waals surface area contributed by atoms with Gasteiger partial charge in [-0.1, -0.05) is 12.1 Å². The SMILES string of the molecule is O=C(COC(=O)c1ccc2c(c1)OCC(=O)N2)NC[C@H]1COc2ccccc2O1. The zero-order valence-electron chi connectivity index (χ0n) is 15.3. The molecule has 2 aliphatic rings. The number of rotatable bonds is 5. The molecule has 0 unspecified atom stereocenters. The Bertz CT molecular complexity index is 960. The normalized spacial score (nSPS) is 16.7. The number of benzene rings is 2. The largest absolute Gasteiger partial charge is 0.486 e. The number of para-hydroxylation sites is 2. The van der Waals surface area contributed by atoms with Gasteiger partial charge in [0.2, 0.25) is 0 Å². The fraction of sp³-hybridized carbons (Fsp3) is 0.250. The summed E-state index contributed by atoms with van der Waals surface area (Å²) in [5, 5.41) is 5.28. The lowest BCUT2D eigenvalue weighted by molar-refractivity contribution is -0.124. The van der Waals surface area contributed by atoms with Crippen LogP contribution in [0.1, 0.15) is 10.4 Å². The van der Waals surface area contributed by atoms with Gasteiger partial charge in [0.1, 0.15) is 18.5 Å². The number of esters is 1. The Morgan fingerprint density at radius 3 is 2.79 bits per heavy atom. The molecule has 2 heterocycles. The Balaban J connectivity index is 1.24. The van der Waals surface area contributed by atoms with Crippen LogP contribution in [-0.2, 0) is 14.3 Å². The van der Waals surface area contributed by atoms with E-state index in [2.05, 4.69) is 10.6 Å². The minimum atomic E-state index is -0.672. The van der Waals surface area contributed by atoms with E-state index < -0.39 is 18.5 Å². The predicted molar refractivity (Wildman–Crippen MR) is 100 cm³/mol. The van der Waals surface area contributed by atoms with Crippen molar-refractivity contribution in [3.63, 3.8) is 0 Å². The Kier molecular flexibility index (Phi) is 5.19. The molecular weight excluding hydrogens is 380 g/mol. The van der Waals surface area contributed by atoms with Crippen molar-refractivity contribution in [2.45, 2.75) is 6.10 Å². The third-order valence-electron chi connectivity index (χ3n) is 4.28. The maximum Gasteiger partial charge on any atom is 0.338 e. The molecule has 0 aromatic heterocycles. The molecule has 2 N–H and O–H groups in total. The van der Waals surface area contributed by atoms with E-state index in [1.165, 1.54) is 12.1 Å². The molecule has 0 aliphatic carbocycles. The number of anilines is 1. The summed E-state index contributed by atoms with van der Waals surface area (Å²) in [5.74, 6) is 0.267. The van der Waals surface area contributed by atoms with Crippen molar-refractivity contribution in [2.75, 3.05) is 31.7 Å². The summed E-state index contributed by atoms with van der Waals surface area (Å²) in [4.78, 5) is 35.4. The van der Waals surface area contributed by atoms with Crippen LogP contribution in [0.2, 0.25) is 0 Å². The highest BCUT2D eigenvalue weighted by molar-refractivity contribution is 5.97. The summed E-state index contributed by atoms with van der Waals surface area (Å²) in [7, 11) is 0. The molecule has 0 bridgehead atoms. The number of hydrogen-bond donors (Lipinski definition) is 2. The van der Waals surface area contributed by atoms with Crippen molar-refractivity contribution >= 4 is 23.5 Å². The summed E-state index contributed by atoms with van der Waals surface area (Å²) >= 11 is 0. The second-order valence-corrected chi connectivity index (χ2v) is 6.43. The van der Waals surface area contributed by atoms with E-state index in [1.54, 1.807) is 12.1 Å². The number of nitrogens with one attached hydrogen (secondary N) is 2. The second kappa shape index (κ2) is 8.09. The van der Waals surface area contributed by atoms with Crippen molar-refractivity contribution < 1.29 is 33.3 Å². The van der Waals surface area contributed by atoms with E-state index in [-0.39, 0.29) is 30.7 Å². The molecule has 0 saturated carbocycles. The molecule has 2 amide bonds. The van der Waals surface area contributed by atoms with Crippen LogP contribution in [-0.4, -0.2) is 50.3 Å². The van der Waals surface area contributed by atoms with Gasteiger partial charge in [-0.3, -0.25) is 9.59 Å². The summed E-state index contributed by atoms with van der Waals surface area (Å²) in [5.41, 5.74) is 0.695. The lowest BCUT2D eigenvalue weighted by Crippen LogP contribution is -2.42. The maximum atomic E-state index is 12.2. The van der Waals surface area contributed by atoms with Gasteiger partial charge in [0.05, 0.1) is 17.8 Å². The number of amides is 2. The molecule has 150 valence electrons. The quantitative estimate of drug-likeness (QED) is 0.726. The number of carbonyl (C=O) groups is 3. The van der Waals surface area contributed by atoms with Gasteiger partial charge < -0.3 is 29.6 Å².